The van der Waals surface area contributed by atoms with E-state index in [2.05, 4.69) is 4.74 Å². The molecular weight excluding hydrogens is 256 g/mol. The van der Waals surface area contributed by atoms with Gasteiger partial charge in [0.1, 0.15) is 5.75 Å². The summed E-state index contributed by atoms with van der Waals surface area (Å²) in [4.78, 5) is 23.5. The van der Waals surface area contributed by atoms with E-state index in [-0.39, 0.29) is 23.6 Å². The van der Waals surface area contributed by atoms with Crippen molar-refractivity contribution in [2.24, 2.45) is 17.8 Å². The summed E-state index contributed by atoms with van der Waals surface area (Å²) < 4.78 is 10.3. The number of methoxy groups -OCH3 is 1. The lowest BCUT2D eigenvalue weighted by Gasteiger charge is -2.06. The first-order valence-corrected chi connectivity index (χ1v) is 7.04. The van der Waals surface area contributed by atoms with Crippen molar-refractivity contribution in [2.45, 2.75) is 19.3 Å². The Morgan fingerprint density at radius 2 is 1.85 bits per heavy atom. The second kappa shape index (κ2) is 5.27. The van der Waals surface area contributed by atoms with Crippen LogP contribution in [0.15, 0.2) is 24.3 Å². The van der Waals surface area contributed by atoms with Gasteiger partial charge < -0.3 is 9.47 Å². The highest BCUT2D eigenvalue weighted by Crippen LogP contribution is 2.42. The smallest absolute Gasteiger partial charge is 0.309 e. The van der Waals surface area contributed by atoms with Crippen molar-refractivity contribution >= 4 is 11.8 Å². The van der Waals surface area contributed by atoms with E-state index in [9.17, 15) is 9.59 Å². The van der Waals surface area contributed by atoms with Crippen LogP contribution in [0.5, 0.6) is 5.75 Å². The lowest BCUT2D eigenvalue weighted by atomic mass is 10.1. The molecule has 0 aliphatic heterocycles. The van der Waals surface area contributed by atoms with Gasteiger partial charge in [0.25, 0.3) is 0 Å². The molecule has 0 spiro atoms. The maximum atomic E-state index is 12.2. The Labute approximate surface area is 118 Å². The van der Waals surface area contributed by atoms with Gasteiger partial charge in [0.15, 0.2) is 5.78 Å². The predicted octanol–water partition coefficient (Wildman–Crippen LogP) is 2.47. The number of ether oxygens (including phenoxy) is 2. The molecule has 0 saturated heterocycles. The van der Waals surface area contributed by atoms with Gasteiger partial charge in [-0.3, -0.25) is 9.59 Å². The fraction of sp³-hybridized carbons (Fsp3) is 0.500. The molecule has 3 rings (SSSR count). The molecule has 2 saturated carbocycles. The molecule has 0 radical (unpaired) electrons. The first-order chi connectivity index (χ1) is 9.69. The Balaban J connectivity index is 1.57. The standard InChI is InChI=1S/C16H18O4/c1-19-16(18)14-8-13(14)15(17)11-4-6-12(7-5-11)20-9-10-2-3-10/h4-7,10,13-14H,2-3,8-9H2,1H3/t13-,14+/m1/s1. The Morgan fingerprint density at radius 1 is 1.15 bits per heavy atom. The zero-order valence-corrected chi connectivity index (χ0v) is 11.5. The quantitative estimate of drug-likeness (QED) is 0.590. The lowest BCUT2D eigenvalue weighted by Crippen LogP contribution is -2.10. The van der Waals surface area contributed by atoms with Crippen LogP contribution >= 0.6 is 0 Å². The molecule has 2 fully saturated rings. The SMILES string of the molecule is COC(=O)[C@H]1C[C@H]1C(=O)c1ccc(OCC2CC2)cc1. The Bertz CT molecular complexity index is 516. The van der Waals surface area contributed by atoms with Crippen molar-refractivity contribution in [1.29, 1.82) is 0 Å². The van der Waals surface area contributed by atoms with Gasteiger partial charge in [0, 0.05) is 11.5 Å². The summed E-state index contributed by atoms with van der Waals surface area (Å²) >= 11 is 0. The first-order valence-electron chi connectivity index (χ1n) is 7.04. The fourth-order valence-electron chi connectivity index (χ4n) is 2.32. The number of hydrogen-bond donors (Lipinski definition) is 0. The summed E-state index contributed by atoms with van der Waals surface area (Å²) in [6, 6.07) is 7.20. The van der Waals surface area contributed by atoms with Crippen molar-refractivity contribution in [3.8, 4) is 5.75 Å². The molecule has 2 aliphatic carbocycles. The average Bonchev–Trinajstić information content (AvgIpc) is 3.38. The van der Waals surface area contributed by atoms with Crippen molar-refractivity contribution in [1.82, 2.24) is 0 Å². The Hall–Kier alpha value is -1.84. The van der Waals surface area contributed by atoms with Crippen molar-refractivity contribution in [3.63, 3.8) is 0 Å². The van der Waals surface area contributed by atoms with Crippen LogP contribution in [0.3, 0.4) is 0 Å². The summed E-state index contributed by atoms with van der Waals surface area (Å²) in [5.74, 6) is 0.790. The normalized spacial score (nSPS) is 24.1. The fourth-order valence-corrected chi connectivity index (χ4v) is 2.32. The Kier molecular flexibility index (Phi) is 3.47. The lowest BCUT2D eigenvalue weighted by molar-refractivity contribution is -0.142. The molecule has 0 aromatic heterocycles. The maximum absolute atomic E-state index is 12.2. The van der Waals surface area contributed by atoms with Crippen LogP contribution in [0.25, 0.3) is 0 Å². The predicted molar refractivity (Wildman–Crippen MR) is 72.6 cm³/mol. The average molecular weight is 274 g/mol. The summed E-state index contributed by atoms with van der Waals surface area (Å²) in [6.07, 6.45) is 3.12. The van der Waals surface area contributed by atoms with Gasteiger partial charge in [-0.05, 0) is 49.4 Å². The monoisotopic (exact) mass is 274 g/mol. The maximum Gasteiger partial charge on any atom is 0.309 e. The number of esters is 1. The molecular formula is C16H18O4. The summed E-state index contributed by atoms with van der Waals surface area (Å²) in [5.41, 5.74) is 0.639. The molecule has 1 aromatic carbocycles. The molecule has 0 N–H and O–H groups in total. The van der Waals surface area contributed by atoms with E-state index in [1.54, 1.807) is 12.1 Å². The minimum atomic E-state index is -0.285. The molecule has 106 valence electrons. The number of Topliss-reactive ketones (excluding diaryl/α,β-unsaturated/α-hetero) is 1. The largest absolute Gasteiger partial charge is 0.493 e. The van der Waals surface area contributed by atoms with E-state index in [4.69, 9.17) is 4.74 Å². The molecule has 20 heavy (non-hydrogen) atoms. The highest BCUT2D eigenvalue weighted by Gasteiger charge is 2.48. The summed E-state index contributed by atoms with van der Waals surface area (Å²) in [6.45, 7) is 0.764. The molecule has 4 heteroatoms. The minimum Gasteiger partial charge on any atom is -0.493 e. The van der Waals surface area contributed by atoms with E-state index in [1.807, 2.05) is 12.1 Å². The Morgan fingerprint density at radius 3 is 2.45 bits per heavy atom. The first kappa shape index (κ1) is 13.2. The summed E-state index contributed by atoms with van der Waals surface area (Å²) in [7, 11) is 1.36. The van der Waals surface area contributed by atoms with Gasteiger partial charge in [0.2, 0.25) is 0 Å². The summed E-state index contributed by atoms with van der Waals surface area (Å²) in [5, 5.41) is 0. The van der Waals surface area contributed by atoms with Crippen molar-refractivity contribution < 1.29 is 19.1 Å². The molecule has 2 aliphatic rings. The van der Waals surface area contributed by atoms with Crippen LogP contribution in [0.1, 0.15) is 29.6 Å². The van der Waals surface area contributed by atoms with E-state index in [0.29, 0.717) is 17.9 Å². The van der Waals surface area contributed by atoms with Gasteiger partial charge in [-0.25, -0.2) is 0 Å². The van der Waals surface area contributed by atoms with E-state index >= 15 is 0 Å². The molecule has 0 amide bonds. The molecule has 0 unspecified atom stereocenters. The molecule has 2 atom stereocenters. The third-order valence-corrected chi connectivity index (χ3v) is 3.95. The highest BCUT2D eigenvalue weighted by atomic mass is 16.5. The van der Waals surface area contributed by atoms with E-state index < -0.39 is 0 Å². The zero-order chi connectivity index (χ0) is 14.1. The van der Waals surface area contributed by atoms with Crippen LogP contribution in [0.4, 0.5) is 0 Å². The number of benzene rings is 1. The van der Waals surface area contributed by atoms with Gasteiger partial charge in [-0.2, -0.15) is 0 Å². The zero-order valence-electron chi connectivity index (χ0n) is 11.5. The van der Waals surface area contributed by atoms with Gasteiger partial charge in [0.05, 0.1) is 19.6 Å². The number of rotatable bonds is 6. The second-order valence-corrected chi connectivity index (χ2v) is 5.61. The number of hydrogen-bond acceptors (Lipinski definition) is 4. The molecule has 1 aromatic rings. The van der Waals surface area contributed by atoms with Crippen LogP contribution < -0.4 is 4.74 Å². The second-order valence-electron chi connectivity index (χ2n) is 5.61. The molecule has 0 heterocycles. The van der Waals surface area contributed by atoms with Gasteiger partial charge in [-0.1, -0.05) is 0 Å². The topological polar surface area (TPSA) is 52.6 Å². The number of carbonyl (C=O) groups is 2. The van der Waals surface area contributed by atoms with Crippen LogP contribution in [-0.2, 0) is 9.53 Å². The van der Waals surface area contributed by atoms with Crippen molar-refractivity contribution in [3.05, 3.63) is 29.8 Å². The van der Waals surface area contributed by atoms with Gasteiger partial charge in [-0.15, -0.1) is 0 Å². The minimum absolute atomic E-state index is 0.0224. The molecule has 0 bridgehead atoms. The number of ketones is 1. The third kappa shape index (κ3) is 2.84. The van der Waals surface area contributed by atoms with E-state index in [0.717, 1.165) is 12.4 Å². The van der Waals surface area contributed by atoms with Crippen molar-refractivity contribution in [2.75, 3.05) is 13.7 Å². The highest BCUT2D eigenvalue weighted by molar-refractivity contribution is 6.02. The van der Waals surface area contributed by atoms with E-state index in [1.165, 1.54) is 20.0 Å². The number of carbonyl (C=O) groups excluding carboxylic acids is 2. The van der Waals surface area contributed by atoms with Crippen LogP contribution in [-0.4, -0.2) is 25.5 Å². The molecule has 4 nitrogen and oxygen atoms in total. The van der Waals surface area contributed by atoms with Crippen LogP contribution in [0.2, 0.25) is 0 Å². The van der Waals surface area contributed by atoms with Gasteiger partial charge >= 0.3 is 5.97 Å². The van der Waals surface area contributed by atoms with Crippen LogP contribution in [0, 0.1) is 17.8 Å². The third-order valence-electron chi connectivity index (χ3n) is 3.95.